The molecule has 1 aliphatic rings. The maximum absolute atomic E-state index is 8.93. The van der Waals surface area contributed by atoms with Crippen molar-refractivity contribution in [2.24, 2.45) is 10.2 Å². The molecule has 3 rings (SSSR count). The second kappa shape index (κ2) is 4.34. The average molecular weight is 242 g/mol. The lowest BCUT2D eigenvalue weighted by Crippen LogP contribution is -2.07. The van der Waals surface area contributed by atoms with Gasteiger partial charge in [-0.1, -0.05) is 29.8 Å². The van der Waals surface area contributed by atoms with Crippen LogP contribution in [0.25, 0.3) is 0 Å². The number of benzene rings is 1. The van der Waals surface area contributed by atoms with Gasteiger partial charge in [-0.15, -0.1) is 5.11 Å². The standard InChI is InChI=1S/C13H14N4O/c1-9-3-2-4-10(7-9)13-15-14-12-8-11(5-6-18)16-17(12)13/h2-4,7-8,13,18H,5-6H2,1H3. The molecule has 0 bridgehead atoms. The minimum atomic E-state index is -0.174. The van der Waals surface area contributed by atoms with E-state index in [0.29, 0.717) is 6.42 Å². The van der Waals surface area contributed by atoms with E-state index in [4.69, 9.17) is 5.11 Å². The predicted molar refractivity (Wildman–Crippen MR) is 66.9 cm³/mol. The van der Waals surface area contributed by atoms with E-state index in [1.165, 1.54) is 5.56 Å². The Labute approximate surface area is 105 Å². The quantitative estimate of drug-likeness (QED) is 0.898. The van der Waals surface area contributed by atoms with Crippen LogP contribution in [-0.2, 0) is 6.42 Å². The van der Waals surface area contributed by atoms with Gasteiger partial charge in [-0.05, 0) is 6.92 Å². The number of azo groups is 1. The number of aliphatic hydroxyl groups is 1. The fourth-order valence-corrected chi connectivity index (χ4v) is 2.13. The summed E-state index contributed by atoms with van der Waals surface area (Å²) in [5.74, 6) is 0.755. The maximum Gasteiger partial charge on any atom is 0.190 e. The Bertz CT molecular complexity index is 603. The molecule has 5 heteroatoms. The fourth-order valence-electron chi connectivity index (χ4n) is 2.13. The Morgan fingerprint density at radius 3 is 3.00 bits per heavy atom. The molecule has 1 atom stereocenters. The fraction of sp³-hybridized carbons (Fsp3) is 0.308. The van der Waals surface area contributed by atoms with Crippen molar-refractivity contribution < 1.29 is 5.11 Å². The van der Waals surface area contributed by atoms with Crippen LogP contribution >= 0.6 is 0 Å². The molecule has 0 aliphatic carbocycles. The van der Waals surface area contributed by atoms with E-state index in [2.05, 4.69) is 34.4 Å². The second-order valence-electron chi connectivity index (χ2n) is 4.42. The van der Waals surface area contributed by atoms with Crippen molar-refractivity contribution in [2.45, 2.75) is 19.5 Å². The van der Waals surface area contributed by atoms with Gasteiger partial charge in [0.2, 0.25) is 0 Å². The highest BCUT2D eigenvalue weighted by molar-refractivity contribution is 5.36. The number of hydrogen-bond donors (Lipinski definition) is 1. The smallest absolute Gasteiger partial charge is 0.190 e. The molecule has 0 amide bonds. The largest absolute Gasteiger partial charge is 0.396 e. The van der Waals surface area contributed by atoms with Crippen molar-refractivity contribution in [3.8, 4) is 0 Å². The summed E-state index contributed by atoms with van der Waals surface area (Å²) >= 11 is 0. The van der Waals surface area contributed by atoms with Crippen molar-refractivity contribution in [1.29, 1.82) is 0 Å². The van der Waals surface area contributed by atoms with Crippen LogP contribution in [0.2, 0.25) is 0 Å². The summed E-state index contributed by atoms with van der Waals surface area (Å²) < 4.78 is 1.81. The van der Waals surface area contributed by atoms with Gasteiger partial charge in [-0.3, -0.25) is 0 Å². The molecule has 1 aromatic heterocycles. The summed E-state index contributed by atoms with van der Waals surface area (Å²) in [6.07, 6.45) is 0.378. The van der Waals surface area contributed by atoms with Crippen LogP contribution in [0.1, 0.15) is 23.0 Å². The minimum absolute atomic E-state index is 0.0999. The number of aromatic nitrogens is 2. The molecule has 92 valence electrons. The molecule has 1 aromatic carbocycles. The molecule has 5 nitrogen and oxygen atoms in total. The number of fused-ring (bicyclic) bond motifs is 1. The van der Waals surface area contributed by atoms with E-state index >= 15 is 0 Å². The summed E-state index contributed by atoms with van der Waals surface area (Å²) in [5, 5.41) is 21.7. The topological polar surface area (TPSA) is 62.8 Å². The van der Waals surface area contributed by atoms with Crippen molar-refractivity contribution >= 4 is 5.82 Å². The number of hydrogen-bond acceptors (Lipinski definition) is 4. The van der Waals surface area contributed by atoms with Crippen molar-refractivity contribution in [2.75, 3.05) is 6.61 Å². The SMILES string of the molecule is Cc1cccc(C2N=Nc3cc(CCO)nn32)c1. The van der Waals surface area contributed by atoms with Crippen LogP contribution in [0.4, 0.5) is 5.82 Å². The Kier molecular flexibility index (Phi) is 2.68. The first kappa shape index (κ1) is 11.1. The number of nitrogens with zero attached hydrogens (tertiary/aromatic N) is 4. The monoisotopic (exact) mass is 242 g/mol. The molecule has 1 aliphatic heterocycles. The van der Waals surface area contributed by atoms with Gasteiger partial charge >= 0.3 is 0 Å². The van der Waals surface area contributed by atoms with E-state index in [1.807, 2.05) is 18.2 Å². The third kappa shape index (κ3) is 1.82. The van der Waals surface area contributed by atoms with Gasteiger partial charge in [0.1, 0.15) is 0 Å². The van der Waals surface area contributed by atoms with Gasteiger partial charge in [0.05, 0.1) is 5.69 Å². The molecule has 2 aromatic rings. The molecular formula is C13H14N4O. The number of aliphatic hydroxyl groups excluding tert-OH is 1. The maximum atomic E-state index is 8.93. The Morgan fingerprint density at radius 1 is 1.33 bits per heavy atom. The van der Waals surface area contributed by atoms with E-state index < -0.39 is 0 Å². The van der Waals surface area contributed by atoms with Gasteiger partial charge < -0.3 is 5.11 Å². The van der Waals surface area contributed by atoms with Crippen LogP contribution in [-0.4, -0.2) is 21.5 Å². The molecule has 0 radical (unpaired) electrons. The highest BCUT2D eigenvalue weighted by atomic mass is 16.3. The molecule has 0 saturated heterocycles. The zero-order chi connectivity index (χ0) is 12.5. The zero-order valence-corrected chi connectivity index (χ0v) is 10.1. The summed E-state index contributed by atoms with van der Waals surface area (Å²) in [5.41, 5.74) is 3.12. The normalized spacial score (nSPS) is 17.1. The molecule has 0 saturated carbocycles. The molecule has 18 heavy (non-hydrogen) atoms. The Hall–Kier alpha value is -2.01. The average Bonchev–Trinajstić information content (AvgIpc) is 2.88. The van der Waals surface area contributed by atoms with Gasteiger partial charge in [-0.25, -0.2) is 4.68 Å². The first-order valence-electron chi connectivity index (χ1n) is 5.94. The molecule has 1 unspecified atom stereocenters. The van der Waals surface area contributed by atoms with Crippen LogP contribution in [0.3, 0.4) is 0 Å². The first-order chi connectivity index (χ1) is 8.78. The van der Waals surface area contributed by atoms with Crippen LogP contribution in [0.5, 0.6) is 0 Å². The molecule has 2 heterocycles. The Morgan fingerprint density at radius 2 is 2.22 bits per heavy atom. The van der Waals surface area contributed by atoms with Gasteiger partial charge in [0, 0.05) is 24.7 Å². The van der Waals surface area contributed by atoms with E-state index in [-0.39, 0.29) is 12.8 Å². The van der Waals surface area contributed by atoms with Gasteiger partial charge in [0.15, 0.2) is 12.0 Å². The lowest BCUT2D eigenvalue weighted by molar-refractivity contribution is 0.297. The van der Waals surface area contributed by atoms with E-state index in [9.17, 15) is 0 Å². The predicted octanol–water partition coefficient (Wildman–Crippen LogP) is 2.37. The van der Waals surface area contributed by atoms with Crippen LogP contribution < -0.4 is 0 Å². The molecule has 0 spiro atoms. The van der Waals surface area contributed by atoms with Crippen molar-refractivity contribution in [3.05, 3.63) is 47.2 Å². The van der Waals surface area contributed by atoms with Crippen LogP contribution in [0.15, 0.2) is 40.6 Å². The number of rotatable bonds is 3. The highest BCUT2D eigenvalue weighted by Crippen LogP contribution is 2.33. The number of aryl methyl sites for hydroxylation is 1. The zero-order valence-electron chi connectivity index (χ0n) is 10.1. The van der Waals surface area contributed by atoms with Crippen LogP contribution in [0, 0.1) is 6.92 Å². The van der Waals surface area contributed by atoms with Gasteiger partial charge in [0.25, 0.3) is 0 Å². The molecular weight excluding hydrogens is 228 g/mol. The van der Waals surface area contributed by atoms with E-state index in [1.54, 1.807) is 4.68 Å². The minimum Gasteiger partial charge on any atom is -0.396 e. The molecule has 1 N–H and O–H groups in total. The molecule has 0 fully saturated rings. The summed E-state index contributed by atoms with van der Waals surface area (Å²) in [7, 11) is 0. The highest BCUT2D eigenvalue weighted by Gasteiger charge is 2.23. The van der Waals surface area contributed by atoms with Gasteiger partial charge in [-0.2, -0.15) is 10.2 Å². The Balaban J connectivity index is 1.97. The summed E-state index contributed by atoms with van der Waals surface area (Å²) in [6.45, 7) is 2.15. The third-order valence-corrected chi connectivity index (χ3v) is 2.98. The lowest BCUT2D eigenvalue weighted by atomic mass is 10.1. The van der Waals surface area contributed by atoms with Crippen molar-refractivity contribution in [3.63, 3.8) is 0 Å². The summed E-state index contributed by atoms with van der Waals surface area (Å²) in [6, 6.07) is 10.0. The lowest BCUT2D eigenvalue weighted by Gasteiger charge is -2.09. The third-order valence-electron chi connectivity index (χ3n) is 2.98. The second-order valence-corrected chi connectivity index (χ2v) is 4.42. The first-order valence-corrected chi connectivity index (χ1v) is 5.94. The van der Waals surface area contributed by atoms with E-state index in [0.717, 1.165) is 17.1 Å². The van der Waals surface area contributed by atoms with Crippen molar-refractivity contribution in [1.82, 2.24) is 9.78 Å². The summed E-state index contributed by atoms with van der Waals surface area (Å²) in [4.78, 5) is 0.